The maximum atomic E-state index is 11.3. The molecule has 1 aliphatic rings. The van der Waals surface area contributed by atoms with Crippen LogP contribution in [0.1, 0.15) is 0 Å². The van der Waals surface area contributed by atoms with E-state index in [1.54, 1.807) is 19.2 Å². The van der Waals surface area contributed by atoms with Crippen LogP contribution in [0.4, 0.5) is 17.1 Å². The van der Waals surface area contributed by atoms with E-state index in [-0.39, 0.29) is 10.6 Å². The minimum absolute atomic E-state index is 0.0494. The summed E-state index contributed by atoms with van der Waals surface area (Å²) in [5.41, 5.74) is 1.48. The van der Waals surface area contributed by atoms with Crippen LogP contribution in [0.5, 0.6) is 11.5 Å². The van der Waals surface area contributed by atoms with Gasteiger partial charge in [-0.25, -0.2) is 0 Å². The zero-order valence-electron chi connectivity index (χ0n) is 15.2. The predicted molar refractivity (Wildman–Crippen MR) is 103 cm³/mol. The van der Waals surface area contributed by atoms with Crippen LogP contribution in [-0.2, 0) is 4.74 Å². The monoisotopic (exact) mass is 373 g/mol. The molecule has 2 aromatic rings. The minimum atomic E-state index is -0.381. The molecule has 0 radical (unpaired) electrons. The predicted octanol–water partition coefficient (Wildman–Crippen LogP) is 2.93. The SMILES string of the molecule is COc1cccc(OCCNc2cc(N3CCOCC3)ccc2[N+](=O)[O-])c1. The smallest absolute Gasteiger partial charge is 0.292 e. The normalized spacial score (nSPS) is 13.9. The van der Waals surface area contributed by atoms with Gasteiger partial charge in [0.25, 0.3) is 5.69 Å². The number of methoxy groups -OCH3 is 1. The highest BCUT2D eigenvalue weighted by molar-refractivity contribution is 5.69. The fraction of sp³-hybridized carbons (Fsp3) is 0.368. The average Bonchev–Trinajstić information content (AvgIpc) is 2.71. The van der Waals surface area contributed by atoms with Crippen LogP contribution >= 0.6 is 0 Å². The summed E-state index contributed by atoms with van der Waals surface area (Å²) in [6.07, 6.45) is 0. The molecule has 1 N–H and O–H groups in total. The van der Waals surface area contributed by atoms with Crippen molar-refractivity contribution >= 4 is 17.1 Å². The Morgan fingerprint density at radius 1 is 1.19 bits per heavy atom. The minimum Gasteiger partial charge on any atom is -0.497 e. The second-order valence-electron chi connectivity index (χ2n) is 6.01. The first-order valence-corrected chi connectivity index (χ1v) is 8.79. The Labute approximate surface area is 157 Å². The molecule has 0 unspecified atom stereocenters. The highest BCUT2D eigenvalue weighted by Crippen LogP contribution is 2.30. The lowest BCUT2D eigenvalue weighted by atomic mass is 10.2. The lowest BCUT2D eigenvalue weighted by Crippen LogP contribution is -2.36. The molecule has 144 valence electrons. The van der Waals surface area contributed by atoms with E-state index in [0.29, 0.717) is 43.6 Å². The Morgan fingerprint density at radius 3 is 2.70 bits per heavy atom. The van der Waals surface area contributed by atoms with Crippen molar-refractivity contribution in [1.82, 2.24) is 0 Å². The fourth-order valence-corrected chi connectivity index (χ4v) is 2.89. The van der Waals surface area contributed by atoms with Crippen molar-refractivity contribution in [3.05, 3.63) is 52.6 Å². The summed E-state index contributed by atoms with van der Waals surface area (Å²) in [4.78, 5) is 13.1. The van der Waals surface area contributed by atoms with Gasteiger partial charge < -0.3 is 24.4 Å². The van der Waals surface area contributed by atoms with E-state index in [2.05, 4.69) is 10.2 Å². The van der Waals surface area contributed by atoms with Gasteiger partial charge in [-0.1, -0.05) is 6.07 Å². The van der Waals surface area contributed by atoms with Crippen molar-refractivity contribution < 1.29 is 19.1 Å². The van der Waals surface area contributed by atoms with Gasteiger partial charge in [0.05, 0.1) is 25.2 Å². The van der Waals surface area contributed by atoms with E-state index in [1.165, 1.54) is 6.07 Å². The quantitative estimate of drug-likeness (QED) is 0.432. The van der Waals surface area contributed by atoms with Gasteiger partial charge in [0, 0.05) is 37.5 Å². The van der Waals surface area contributed by atoms with Gasteiger partial charge in [0.15, 0.2) is 0 Å². The van der Waals surface area contributed by atoms with Crippen molar-refractivity contribution in [2.45, 2.75) is 0 Å². The molecule has 0 amide bonds. The maximum absolute atomic E-state index is 11.3. The number of rotatable bonds is 8. The van der Waals surface area contributed by atoms with Crippen LogP contribution in [0.3, 0.4) is 0 Å². The fourth-order valence-electron chi connectivity index (χ4n) is 2.89. The second-order valence-corrected chi connectivity index (χ2v) is 6.01. The maximum Gasteiger partial charge on any atom is 0.292 e. The van der Waals surface area contributed by atoms with Crippen molar-refractivity contribution in [2.24, 2.45) is 0 Å². The number of nitro groups is 1. The van der Waals surface area contributed by atoms with E-state index in [4.69, 9.17) is 14.2 Å². The van der Waals surface area contributed by atoms with Crippen molar-refractivity contribution in [3.63, 3.8) is 0 Å². The molecular weight excluding hydrogens is 350 g/mol. The number of hydrogen-bond acceptors (Lipinski definition) is 7. The molecule has 1 aliphatic heterocycles. The van der Waals surface area contributed by atoms with E-state index in [0.717, 1.165) is 18.8 Å². The first-order valence-electron chi connectivity index (χ1n) is 8.79. The van der Waals surface area contributed by atoms with Crippen molar-refractivity contribution in [1.29, 1.82) is 0 Å². The highest BCUT2D eigenvalue weighted by Gasteiger charge is 2.18. The molecule has 0 saturated carbocycles. The Kier molecular flexibility index (Phi) is 6.32. The highest BCUT2D eigenvalue weighted by atomic mass is 16.6. The molecule has 27 heavy (non-hydrogen) atoms. The van der Waals surface area contributed by atoms with E-state index in [9.17, 15) is 10.1 Å². The number of benzene rings is 2. The molecule has 8 heteroatoms. The summed E-state index contributed by atoms with van der Waals surface area (Å²) in [7, 11) is 1.60. The standard InChI is InChI=1S/C19H23N3O5/c1-25-16-3-2-4-17(14-16)27-10-7-20-18-13-15(5-6-19(18)22(23)24)21-8-11-26-12-9-21/h2-6,13-14,20H,7-12H2,1H3. The van der Waals surface area contributed by atoms with Gasteiger partial charge in [-0.3, -0.25) is 10.1 Å². The molecule has 3 rings (SSSR count). The number of hydrogen-bond donors (Lipinski definition) is 1. The van der Waals surface area contributed by atoms with E-state index in [1.807, 2.05) is 24.3 Å². The van der Waals surface area contributed by atoms with Crippen LogP contribution in [0.15, 0.2) is 42.5 Å². The average molecular weight is 373 g/mol. The molecular formula is C19H23N3O5. The molecule has 1 saturated heterocycles. The van der Waals surface area contributed by atoms with Crippen LogP contribution in [-0.4, -0.2) is 51.5 Å². The number of morpholine rings is 1. The number of anilines is 2. The Morgan fingerprint density at radius 2 is 1.96 bits per heavy atom. The molecule has 2 aromatic carbocycles. The summed E-state index contributed by atoms with van der Waals surface area (Å²) >= 11 is 0. The topological polar surface area (TPSA) is 86.1 Å². The molecule has 0 spiro atoms. The lowest BCUT2D eigenvalue weighted by Gasteiger charge is -2.29. The lowest BCUT2D eigenvalue weighted by molar-refractivity contribution is -0.383. The summed E-state index contributed by atoms with van der Waals surface area (Å²) in [6, 6.07) is 12.4. The largest absolute Gasteiger partial charge is 0.497 e. The van der Waals surface area contributed by atoms with Crippen LogP contribution in [0, 0.1) is 10.1 Å². The molecule has 0 aromatic heterocycles. The van der Waals surface area contributed by atoms with E-state index < -0.39 is 0 Å². The molecule has 0 atom stereocenters. The summed E-state index contributed by atoms with van der Waals surface area (Å²) < 4.78 is 16.2. The van der Waals surface area contributed by atoms with Gasteiger partial charge >= 0.3 is 0 Å². The summed E-state index contributed by atoms with van der Waals surface area (Å²) in [5, 5.41) is 14.4. The zero-order chi connectivity index (χ0) is 19.1. The van der Waals surface area contributed by atoms with E-state index >= 15 is 0 Å². The van der Waals surface area contributed by atoms with Crippen LogP contribution in [0.25, 0.3) is 0 Å². The molecule has 0 aliphatic carbocycles. The third kappa shape index (κ3) is 5.01. The third-order valence-electron chi connectivity index (χ3n) is 4.28. The van der Waals surface area contributed by atoms with Gasteiger partial charge in [0.1, 0.15) is 23.8 Å². The summed E-state index contributed by atoms with van der Waals surface area (Å²) in [6.45, 7) is 3.67. The Hall–Kier alpha value is -3.00. The van der Waals surface area contributed by atoms with Crippen molar-refractivity contribution in [3.8, 4) is 11.5 Å². The van der Waals surface area contributed by atoms with Gasteiger partial charge in [-0.05, 0) is 24.3 Å². The van der Waals surface area contributed by atoms with Gasteiger partial charge in [-0.2, -0.15) is 0 Å². The first-order chi connectivity index (χ1) is 13.2. The molecule has 1 fully saturated rings. The number of ether oxygens (including phenoxy) is 3. The second kappa shape index (κ2) is 9.09. The van der Waals surface area contributed by atoms with Crippen molar-refractivity contribution in [2.75, 3.05) is 56.8 Å². The number of nitrogens with zero attached hydrogens (tertiary/aromatic N) is 2. The number of nitrogens with one attached hydrogen (secondary N) is 1. The zero-order valence-corrected chi connectivity index (χ0v) is 15.2. The van der Waals surface area contributed by atoms with Crippen LogP contribution in [0.2, 0.25) is 0 Å². The number of nitro benzene ring substituents is 1. The first kappa shape index (κ1) is 18.8. The molecule has 8 nitrogen and oxygen atoms in total. The summed E-state index contributed by atoms with van der Waals surface area (Å²) in [5.74, 6) is 1.40. The van der Waals surface area contributed by atoms with Crippen LogP contribution < -0.4 is 19.7 Å². The van der Waals surface area contributed by atoms with Gasteiger partial charge in [-0.15, -0.1) is 0 Å². The molecule has 0 bridgehead atoms. The Balaban J connectivity index is 1.62. The third-order valence-corrected chi connectivity index (χ3v) is 4.28. The van der Waals surface area contributed by atoms with Gasteiger partial charge in [0.2, 0.25) is 0 Å². The Bertz CT molecular complexity index is 778. The molecule has 1 heterocycles.